The Morgan fingerprint density at radius 2 is 1.81 bits per heavy atom. The van der Waals surface area contributed by atoms with Crippen LogP contribution in [0, 0.1) is 23.0 Å². The number of likely N-dealkylation sites (tertiary alicyclic amines) is 1. The summed E-state index contributed by atoms with van der Waals surface area (Å²) in [5.74, 6) is -1.35. The van der Waals surface area contributed by atoms with Gasteiger partial charge in [0, 0.05) is 19.2 Å². The van der Waals surface area contributed by atoms with Crippen LogP contribution in [0.2, 0.25) is 0 Å². The molecule has 0 radical (unpaired) electrons. The van der Waals surface area contributed by atoms with Crippen molar-refractivity contribution in [3.05, 3.63) is 69.8 Å². The number of aryl methyl sites for hydroxylation is 1. The number of amides is 2. The molecule has 0 unspecified atom stereocenters. The van der Waals surface area contributed by atoms with Gasteiger partial charge in [-0.3, -0.25) is 19.7 Å². The summed E-state index contributed by atoms with van der Waals surface area (Å²) in [6.07, 6.45) is 2.94. The van der Waals surface area contributed by atoms with Crippen LogP contribution in [0.3, 0.4) is 0 Å². The number of carbonyl (C=O) groups excluding carboxylic acids is 2. The second kappa shape index (κ2) is 10.7. The molecule has 2 amide bonds. The standard InChI is InChI=1S/C23H28N4O4/c1-17-7-8-20(21(15-17)27(30)31)25-23(29)22(28)24-16-19-10-13-26(14-11-19)12-9-18-5-3-2-4-6-18/h2-8,15,19H,9-14,16H2,1H3,(H,24,28)(H,25,29). The first-order chi connectivity index (χ1) is 14.9. The minimum atomic E-state index is -0.896. The fourth-order valence-electron chi connectivity index (χ4n) is 3.74. The maximum atomic E-state index is 12.2. The summed E-state index contributed by atoms with van der Waals surface area (Å²) in [6.45, 7) is 5.10. The number of nitrogens with one attached hydrogen (secondary N) is 2. The predicted octanol–water partition coefficient (Wildman–Crippen LogP) is 2.91. The molecular formula is C23H28N4O4. The Kier molecular flexibility index (Phi) is 7.72. The molecule has 0 saturated carbocycles. The van der Waals surface area contributed by atoms with Gasteiger partial charge in [0.2, 0.25) is 0 Å². The molecule has 31 heavy (non-hydrogen) atoms. The van der Waals surface area contributed by atoms with Gasteiger partial charge in [-0.2, -0.15) is 0 Å². The van der Waals surface area contributed by atoms with E-state index in [0.29, 0.717) is 18.0 Å². The summed E-state index contributed by atoms with van der Waals surface area (Å²) in [6, 6.07) is 14.8. The molecule has 2 N–H and O–H groups in total. The third-order valence-corrected chi connectivity index (χ3v) is 5.62. The molecule has 8 heteroatoms. The van der Waals surface area contributed by atoms with Gasteiger partial charge >= 0.3 is 11.8 Å². The van der Waals surface area contributed by atoms with E-state index in [-0.39, 0.29) is 11.4 Å². The Morgan fingerprint density at radius 3 is 2.48 bits per heavy atom. The summed E-state index contributed by atoms with van der Waals surface area (Å²) in [5.41, 5.74) is 1.81. The number of piperidine rings is 1. The van der Waals surface area contributed by atoms with Crippen molar-refractivity contribution in [3.8, 4) is 0 Å². The Balaban J connectivity index is 1.40. The largest absolute Gasteiger partial charge is 0.348 e. The second-order valence-corrected chi connectivity index (χ2v) is 7.96. The van der Waals surface area contributed by atoms with Gasteiger partial charge in [-0.05, 0) is 62.4 Å². The highest BCUT2D eigenvalue weighted by molar-refractivity contribution is 6.39. The van der Waals surface area contributed by atoms with Crippen LogP contribution in [0.5, 0.6) is 0 Å². The number of benzene rings is 2. The van der Waals surface area contributed by atoms with Crippen molar-refractivity contribution in [1.29, 1.82) is 0 Å². The lowest BCUT2D eigenvalue weighted by atomic mass is 9.96. The smallest absolute Gasteiger partial charge is 0.313 e. The lowest BCUT2D eigenvalue weighted by Gasteiger charge is -2.32. The quantitative estimate of drug-likeness (QED) is 0.404. The zero-order chi connectivity index (χ0) is 22.2. The predicted molar refractivity (Wildman–Crippen MR) is 119 cm³/mol. The maximum Gasteiger partial charge on any atom is 0.313 e. The Morgan fingerprint density at radius 1 is 1.10 bits per heavy atom. The van der Waals surface area contributed by atoms with Gasteiger partial charge in [-0.15, -0.1) is 0 Å². The molecule has 0 spiro atoms. The van der Waals surface area contributed by atoms with Gasteiger partial charge in [0.05, 0.1) is 4.92 Å². The topological polar surface area (TPSA) is 105 Å². The highest BCUT2D eigenvalue weighted by Crippen LogP contribution is 2.25. The zero-order valence-corrected chi connectivity index (χ0v) is 17.7. The first-order valence-corrected chi connectivity index (χ1v) is 10.5. The molecule has 0 atom stereocenters. The van der Waals surface area contributed by atoms with E-state index in [4.69, 9.17) is 0 Å². The fourth-order valence-corrected chi connectivity index (χ4v) is 3.74. The van der Waals surface area contributed by atoms with Gasteiger partial charge < -0.3 is 15.5 Å². The molecule has 2 aromatic rings. The van der Waals surface area contributed by atoms with Crippen molar-refractivity contribution in [2.45, 2.75) is 26.2 Å². The maximum absolute atomic E-state index is 12.2. The van der Waals surface area contributed by atoms with Crippen molar-refractivity contribution in [3.63, 3.8) is 0 Å². The van der Waals surface area contributed by atoms with Crippen LogP contribution in [0.25, 0.3) is 0 Å². The lowest BCUT2D eigenvalue weighted by Crippen LogP contribution is -2.42. The SMILES string of the molecule is Cc1ccc(NC(=O)C(=O)NCC2CCN(CCc3ccccc3)CC2)c([N+](=O)[O-])c1. The molecule has 1 aliphatic heterocycles. The minimum Gasteiger partial charge on any atom is -0.348 e. The third-order valence-electron chi connectivity index (χ3n) is 5.62. The van der Waals surface area contributed by atoms with E-state index in [0.717, 1.165) is 38.9 Å². The molecule has 1 heterocycles. The number of carbonyl (C=O) groups is 2. The van der Waals surface area contributed by atoms with E-state index in [1.54, 1.807) is 13.0 Å². The van der Waals surface area contributed by atoms with Crippen LogP contribution >= 0.6 is 0 Å². The number of nitro groups is 1. The van der Waals surface area contributed by atoms with Gasteiger partial charge in [0.1, 0.15) is 5.69 Å². The first-order valence-electron chi connectivity index (χ1n) is 10.5. The minimum absolute atomic E-state index is 0.0162. The fraction of sp³-hybridized carbons (Fsp3) is 0.391. The summed E-state index contributed by atoms with van der Waals surface area (Å²) < 4.78 is 0. The highest BCUT2D eigenvalue weighted by atomic mass is 16.6. The summed E-state index contributed by atoms with van der Waals surface area (Å²) in [5, 5.41) is 16.2. The monoisotopic (exact) mass is 424 g/mol. The van der Waals surface area contributed by atoms with E-state index in [1.165, 1.54) is 17.7 Å². The van der Waals surface area contributed by atoms with Gasteiger partial charge in [0.25, 0.3) is 5.69 Å². The molecule has 1 fully saturated rings. The zero-order valence-electron chi connectivity index (χ0n) is 17.7. The van der Waals surface area contributed by atoms with Crippen molar-refractivity contribution >= 4 is 23.2 Å². The molecule has 1 aliphatic rings. The van der Waals surface area contributed by atoms with Crippen LogP contribution in [-0.4, -0.2) is 47.8 Å². The van der Waals surface area contributed by atoms with Crippen LogP contribution in [0.1, 0.15) is 24.0 Å². The number of nitro benzene ring substituents is 1. The number of hydrogen-bond acceptors (Lipinski definition) is 5. The Bertz CT molecular complexity index is 924. The van der Waals surface area contributed by atoms with Crippen LogP contribution < -0.4 is 10.6 Å². The number of anilines is 1. The van der Waals surface area contributed by atoms with E-state index in [9.17, 15) is 19.7 Å². The van der Waals surface area contributed by atoms with Gasteiger partial charge in [-0.1, -0.05) is 36.4 Å². The summed E-state index contributed by atoms with van der Waals surface area (Å²) >= 11 is 0. The molecule has 0 aromatic heterocycles. The molecule has 2 aromatic carbocycles. The third kappa shape index (κ3) is 6.62. The Labute approximate surface area is 181 Å². The second-order valence-electron chi connectivity index (χ2n) is 7.96. The van der Waals surface area contributed by atoms with Crippen molar-refractivity contribution in [1.82, 2.24) is 10.2 Å². The summed E-state index contributed by atoms with van der Waals surface area (Å²) in [4.78, 5) is 37.3. The number of rotatable bonds is 7. The van der Waals surface area contributed by atoms with E-state index in [2.05, 4.69) is 39.8 Å². The van der Waals surface area contributed by atoms with Crippen LogP contribution in [-0.2, 0) is 16.0 Å². The summed E-state index contributed by atoms with van der Waals surface area (Å²) in [7, 11) is 0. The van der Waals surface area contributed by atoms with Crippen LogP contribution in [0.15, 0.2) is 48.5 Å². The molecular weight excluding hydrogens is 396 g/mol. The number of nitrogens with zero attached hydrogens (tertiary/aromatic N) is 2. The Hall–Kier alpha value is -3.26. The molecule has 0 aliphatic carbocycles. The van der Waals surface area contributed by atoms with Gasteiger partial charge in [0.15, 0.2) is 0 Å². The van der Waals surface area contributed by atoms with Gasteiger partial charge in [-0.25, -0.2) is 0 Å². The normalized spacial score (nSPS) is 14.7. The van der Waals surface area contributed by atoms with E-state index in [1.807, 2.05) is 6.07 Å². The molecule has 164 valence electrons. The van der Waals surface area contributed by atoms with E-state index < -0.39 is 16.7 Å². The van der Waals surface area contributed by atoms with Crippen LogP contribution in [0.4, 0.5) is 11.4 Å². The van der Waals surface area contributed by atoms with Crippen molar-refractivity contribution in [2.75, 3.05) is 31.5 Å². The van der Waals surface area contributed by atoms with Crippen molar-refractivity contribution in [2.24, 2.45) is 5.92 Å². The lowest BCUT2D eigenvalue weighted by molar-refractivity contribution is -0.384. The molecule has 8 nitrogen and oxygen atoms in total. The first kappa shape index (κ1) is 22.4. The van der Waals surface area contributed by atoms with E-state index >= 15 is 0 Å². The average Bonchev–Trinajstić information content (AvgIpc) is 2.78. The number of hydrogen-bond donors (Lipinski definition) is 2. The average molecular weight is 425 g/mol. The highest BCUT2D eigenvalue weighted by Gasteiger charge is 2.23. The molecule has 1 saturated heterocycles. The van der Waals surface area contributed by atoms with Crippen molar-refractivity contribution < 1.29 is 14.5 Å². The molecule has 3 rings (SSSR count). The molecule has 0 bridgehead atoms.